The molecule has 7 heteroatoms. The lowest BCUT2D eigenvalue weighted by Gasteiger charge is -2.13. The third-order valence-electron chi connectivity index (χ3n) is 2.42. The van der Waals surface area contributed by atoms with Crippen LogP contribution in [-0.2, 0) is 9.59 Å². The normalized spacial score (nSPS) is 11.6. The van der Waals surface area contributed by atoms with Crippen molar-refractivity contribution in [2.24, 2.45) is 5.73 Å². The van der Waals surface area contributed by atoms with Crippen LogP contribution < -0.4 is 11.1 Å². The SMILES string of the molecule is Cc1cncc(C(=O)N[C@H](CCC(N)=O)C(=O)O)c1. The van der Waals surface area contributed by atoms with Crippen molar-refractivity contribution in [2.45, 2.75) is 25.8 Å². The number of carboxylic acid groups (broad SMARTS) is 1. The van der Waals surface area contributed by atoms with Gasteiger partial charge in [0.2, 0.25) is 5.91 Å². The van der Waals surface area contributed by atoms with Gasteiger partial charge in [0, 0.05) is 18.8 Å². The predicted molar refractivity (Wildman–Crippen MR) is 66.3 cm³/mol. The highest BCUT2D eigenvalue weighted by atomic mass is 16.4. The molecule has 19 heavy (non-hydrogen) atoms. The molecular weight excluding hydrogens is 250 g/mol. The first-order chi connectivity index (χ1) is 8.90. The Bertz CT molecular complexity index is 502. The summed E-state index contributed by atoms with van der Waals surface area (Å²) in [6, 6.07) is 0.440. The number of pyridine rings is 1. The average Bonchev–Trinajstić information content (AvgIpc) is 2.33. The molecule has 0 aliphatic heterocycles. The zero-order chi connectivity index (χ0) is 14.4. The number of aromatic nitrogens is 1. The molecule has 102 valence electrons. The molecule has 0 aromatic carbocycles. The predicted octanol–water partition coefficient (Wildman–Crippen LogP) is -0.161. The summed E-state index contributed by atoms with van der Waals surface area (Å²) in [7, 11) is 0. The second-order valence-electron chi connectivity index (χ2n) is 4.12. The molecule has 0 fully saturated rings. The van der Waals surface area contributed by atoms with E-state index in [-0.39, 0.29) is 18.4 Å². The van der Waals surface area contributed by atoms with E-state index in [9.17, 15) is 14.4 Å². The molecule has 0 spiro atoms. The van der Waals surface area contributed by atoms with E-state index in [1.165, 1.54) is 6.20 Å². The van der Waals surface area contributed by atoms with Gasteiger partial charge in [-0.25, -0.2) is 4.79 Å². The smallest absolute Gasteiger partial charge is 0.326 e. The van der Waals surface area contributed by atoms with E-state index >= 15 is 0 Å². The fourth-order valence-electron chi connectivity index (χ4n) is 1.46. The minimum Gasteiger partial charge on any atom is -0.480 e. The molecule has 0 aliphatic carbocycles. The maximum Gasteiger partial charge on any atom is 0.326 e. The van der Waals surface area contributed by atoms with E-state index in [1.54, 1.807) is 19.2 Å². The van der Waals surface area contributed by atoms with Crippen molar-refractivity contribution in [3.8, 4) is 0 Å². The molecule has 0 saturated heterocycles. The number of primary amides is 1. The van der Waals surface area contributed by atoms with Crippen molar-refractivity contribution in [3.05, 3.63) is 29.6 Å². The van der Waals surface area contributed by atoms with Crippen LogP contribution in [0, 0.1) is 6.92 Å². The first-order valence-corrected chi connectivity index (χ1v) is 5.63. The molecule has 0 radical (unpaired) electrons. The average molecular weight is 265 g/mol. The van der Waals surface area contributed by atoms with Gasteiger partial charge in [-0.05, 0) is 25.0 Å². The minimum absolute atomic E-state index is 0.0460. The molecule has 1 heterocycles. The summed E-state index contributed by atoms with van der Waals surface area (Å²) >= 11 is 0. The Kier molecular flexibility index (Phi) is 4.99. The summed E-state index contributed by atoms with van der Waals surface area (Å²) in [6.45, 7) is 1.77. The van der Waals surface area contributed by atoms with Crippen LogP contribution in [0.5, 0.6) is 0 Å². The van der Waals surface area contributed by atoms with Gasteiger partial charge in [-0.15, -0.1) is 0 Å². The molecule has 2 amide bonds. The van der Waals surface area contributed by atoms with Crippen molar-refractivity contribution in [1.29, 1.82) is 0 Å². The number of nitrogens with one attached hydrogen (secondary N) is 1. The minimum atomic E-state index is -1.21. The Morgan fingerprint density at radius 3 is 2.63 bits per heavy atom. The van der Waals surface area contributed by atoms with Crippen LogP contribution in [0.15, 0.2) is 18.5 Å². The van der Waals surface area contributed by atoms with Crippen molar-refractivity contribution in [2.75, 3.05) is 0 Å². The Morgan fingerprint density at radius 1 is 1.42 bits per heavy atom. The number of hydrogen-bond donors (Lipinski definition) is 3. The largest absolute Gasteiger partial charge is 0.480 e. The molecule has 1 atom stereocenters. The van der Waals surface area contributed by atoms with Crippen LogP contribution in [0.4, 0.5) is 0 Å². The monoisotopic (exact) mass is 265 g/mol. The van der Waals surface area contributed by atoms with E-state index in [2.05, 4.69) is 10.3 Å². The maximum absolute atomic E-state index is 11.8. The Morgan fingerprint density at radius 2 is 2.11 bits per heavy atom. The number of amides is 2. The van der Waals surface area contributed by atoms with E-state index in [1.807, 2.05) is 0 Å². The maximum atomic E-state index is 11.8. The summed E-state index contributed by atoms with van der Waals surface area (Å²) in [6.07, 6.45) is 2.77. The zero-order valence-corrected chi connectivity index (χ0v) is 10.4. The van der Waals surface area contributed by atoms with Gasteiger partial charge in [-0.3, -0.25) is 14.6 Å². The number of aryl methyl sites for hydroxylation is 1. The summed E-state index contributed by atoms with van der Waals surface area (Å²) in [5.74, 6) is -2.37. The lowest BCUT2D eigenvalue weighted by atomic mass is 10.1. The van der Waals surface area contributed by atoms with Gasteiger partial charge in [0.25, 0.3) is 5.91 Å². The molecule has 1 aromatic rings. The van der Waals surface area contributed by atoms with Crippen LogP contribution in [0.1, 0.15) is 28.8 Å². The topological polar surface area (TPSA) is 122 Å². The molecule has 0 unspecified atom stereocenters. The number of aliphatic carboxylic acids is 1. The Labute approximate surface area is 109 Å². The van der Waals surface area contributed by atoms with Gasteiger partial charge >= 0.3 is 5.97 Å². The summed E-state index contributed by atoms with van der Waals surface area (Å²) in [5, 5.41) is 11.3. The van der Waals surface area contributed by atoms with E-state index in [0.717, 1.165) is 5.56 Å². The van der Waals surface area contributed by atoms with Crippen LogP contribution in [-0.4, -0.2) is 33.9 Å². The van der Waals surface area contributed by atoms with Crippen molar-refractivity contribution in [3.63, 3.8) is 0 Å². The lowest BCUT2D eigenvalue weighted by Crippen LogP contribution is -2.41. The number of nitrogens with zero attached hydrogens (tertiary/aromatic N) is 1. The molecule has 0 aliphatic rings. The van der Waals surface area contributed by atoms with E-state index in [4.69, 9.17) is 10.8 Å². The second kappa shape index (κ2) is 6.48. The molecule has 0 bridgehead atoms. The van der Waals surface area contributed by atoms with Gasteiger partial charge in [0.1, 0.15) is 6.04 Å². The summed E-state index contributed by atoms with van der Waals surface area (Å²) in [5.41, 5.74) is 6.01. The highest BCUT2D eigenvalue weighted by molar-refractivity contribution is 5.96. The molecule has 1 aromatic heterocycles. The van der Waals surface area contributed by atoms with Gasteiger partial charge in [-0.1, -0.05) is 0 Å². The highest BCUT2D eigenvalue weighted by Gasteiger charge is 2.21. The third-order valence-corrected chi connectivity index (χ3v) is 2.42. The third kappa shape index (κ3) is 4.74. The van der Waals surface area contributed by atoms with Crippen molar-refractivity contribution < 1.29 is 19.5 Å². The van der Waals surface area contributed by atoms with Gasteiger partial charge < -0.3 is 16.2 Å². The Hall–Kier alpha value is -2.44. The van der Waals surface area contributed by atoms with Crippen LogP contribution in [0.25, 0.3) is 0 Å². The molecule has 7 nitrogen and oxygen atoms in total. The number of carboxylic acids is 1. The molecular formula is C12H15N3O4. The lowest BCUT2D eigenvalue weighted by molar-refractivity contribution is -0.139. The van der Waals surface area contributed by atoms with Crippen LogP contribution >= 0.6 is 0 Å². The molecule has 4 N–H and O–H groups in total. The molecule has 0 saturated carbocycles. The second-order valence-corrected chi connectivity index (χ2v) is 4.12. The van der Waals surface area contributed by atoms with E-state index in [0.29, 0.717) is 0 Å². The van der Waals surface area contributed by atoms with Gasteiger partial charge in [-0.2, -0.15) is 0 Å². The first-order valence-electron chi connectivity index (χ1n) is 5.63. The number of nitrogens with two attached hydrogens (primary N) is 1. The number of hydrogen-bond acceptors (Lipinski definition) is 4. The highest BCUT2D eigenvalue weighted by Crippen LogP contribution is 2.04. The fourth-order valence-corrected chi connectivity index (χ4v) is 1.46. The summed E-state index contributed by atoms with van der Waals surface area (Å²) in [4.78, 5) is 37.3. The Balaban J connectivity index is 2.71. The van der Waals surface area contributed by atoms with Gasteiger partial charge in [0.15, 0.2) is 0 Å². The first kappa shape index (κ1) is 14.6. The standard InChI is InChI=1S/C12H15N3O4/c1-7-4-8(6-14-5-7)11(17)15-9(12(18)19)2-3-10(13)16/h4-6,9H,2-3H2,1H3,(H2,13,16)(H,15,17)(H,18,19)/t9-/m1/s1. The number of rotatable bonds is 6. The summed E-state index contributed by atoms with van der Waals surface area (Å²) < 4.78 is 0. The van der Waals surface area contributed by atoms with Crippen molar-refractivity contribution >= 4 is 17.8 Å². The van der Waals surface area contributed by atoms with Crippen LogP contribution in [0.2, 0.25) is 0 Å². The fraction of sp³-hybridized carbons (Fsp3) is 0.333. The number of carbonyl (C=O) groups excluding carboxylic acids is 2. The van der Waals surface area contributed by atoms with Crippen molar-refractivity contribution in [1.82, 2.24) is 10.3 Å². The van der Waals surface area contributed by atoms with Crippen LogP contribution in [0.3, 0.4) is 0 Å². The van der Waals surface area contributed by atoms with E-state index < -0.39 is 23.8 Å². The zero-order valence-electron chi connectivity index (χ0n) is 10.4. The quantitative estimate of drug-likeness (QED) is 0.659. The van der Waals surface area contributed by atoms with Gasteiger partial charge in [0.05, 0.1) is 5.56 Å². The number of carbonyl (C=O) groups is 3. The molecule has 1 rings (SSSR count).